The molecule has 1 saturated carbocycles. The summed E-state index contributed by atoms with van der Waals surface area (Å²) in [4.78, 5) is 0. The van der Waals surface area contributed by atoms with E-state index in [0.29, 0.717) is 6.04 Å². The molecule has 0 radical (unpaired) electrons. The fourth-order valence-electron chi connectivity index (χ4n) is 3.04. The van der Waals surface area contributed by atoms with Crippen molar-refractivity contribution in [2.45, 2.75) is 50.3 Å². The molecule has 2 saturated heterocycles. The third-order valence-electron chi connectivity index (χ3n) is 4.28. The minimum atomic E-state index is 0.223. The molecule has 3 nitrogen and oxygen atoms in total. The molecule has 86 valence electrons. The van der Waals surface area contributed by atoms with Crippen molar-refractivity contribution in [3.05, 3.63) is 0 Å². The van der Waals surface area contributed by atoms with Crippen LogP contribution in [0.5, 0.6) is 0 Å². The lowest BCUT2D eigenvalue weighted by molar-refractivity contribution is -0.0194. The van der Waals surface area contributed by atoms with E-state index in [2.05, 4.69) is 17.6 Å². The van der Waals surface area contributed by atoms with Gasteiger partial charge < -0.3 is 15.4 Å². The van der Waals surface area contributed by atoms with Crippen molar-refractivity contribution in [2.24, 2.45) is 5.92 Å². The molecule has 1 aliphatic carbocycles. The van der Waals surface area contributed by atoms with Crippen LogP contribution < -0.4 is 10.6 Å². The Hall–Kier alpha value is -0.120. The highest BCUT2D eigenvalue weighted by Crippen LogP contribution is 2.36. The van der Waals surface area contributed by atoms with E-state index in [1.165, 1.54) is 25.7 Å². The second kappa shape index (κ2) is 3.72. The predicted molar refractivity (Wildman–Crippen MR) is 59.9 cm³/mol. The summed E-state index contributed by atoms with van der Waals surface area (Å²) < 4.78 is 6.06. The highest BCUT2D eigenvalue weighted by Gasteiger charge is 2.43. The summed E-state index contributed by atoms with van der Waals surface area (Å²) in [6, 6.07) is 1.41. The van der Waals surface area contributed by atoms with Gasteiger partial charge in [0.15, 0.2) is 0 Å². The topological polar surface area (TPSA) is 33.3 Å². The number of rotatable bonds is 2. The Kier molecular flexibility index (Phi) is 2.49. The van der Waals surface area contributed by atoms with Gasteiger partial charge in [0.05, 0.1) is 12.2 Å². The third kappa shape index (κ3) is 2.05. The van der Waals surface area contributed by atoms with Gasteiger partial charge in [0, 0.05) is 12.1 Å². The van der Waals surface area contributed by atoms with Gasteiger partial charge in [0.25, 0.3) is 0 Å². The van der Waals surface area contributed by atoms with E-state index in [1.807, 2.05) is 0 Å². The smallest absolute Gasteiger partial charge is 0.0723 e. The highest BCUT2D eigenvalue weighted by atomic mass is 16.5. The fourth-order valence-corrected chi connectivity index (χ4v) is 3.04. The zero-order valence-corrected chi connectivity index (χ0v) is 9.59. The fraction of sp³-hybridized carbons (Fsp3) is 1.00. The summed E-state index contributed by atoms with van der Waals surface area (Å²) in [5, 5.41) is 7.14. The minimum Gasteiger partial charge on any atom is -0.373 e. The maximum absolute atomic E-state index is 6.06. The van der Waals surface area contributed by atoms with Crippen LogP contribution in [0.2, 0.25) is 0 Å². The summed E-state index contributed by atoms with van der Waals surface area (Å²) in [5.41, 5.74) is 0.223. The number of piperidine rings is 1. The average molecular weight is 210 g/mol. The van der Waals surface area contributed by atoms with E-state index >= 15 is 0 Å². The van der Waals surface area contributed by atoms with Crippen LogP contribution in [0.4, 0.5) is 0 Å². The van der Waals surface area contributed by atoms with Crippen molar-refractivity contribution in [2.75, 3.05) is 19.7 Å². The van der Waals surface area contributed by atoms with Gasteiger partial charge in [-0.2, -0.15) is 0 Å². The molecular weight excluding hydrogens is 188 g/mol. The molecule has 0 bridgehead atoms. The van der Waals surface area contributed by atoms with E-state index in [4.69, 9.17) is 4.74 Å². The predicted octanol–water partition coefficient (Wildman–Crippen LogP) is 0.895. The van der Waals surface area contributed by atoms with Gasteiger partial charge in [-0.15, -0.1) is 0 Å². The highest BCUT2D eigenvalue weighted by molar-refractivity contribution is 4.99. The van der Waals surface area contributed by atoms with Crippen LogP contribution >= 0.6 is 0 Å². The largest absolute Gasteiger partial charge is 0.373 e. The first kappa shape index (κ1) is 10.1. The minimum absolute atomic E-state index is 0.223. The van der Waals surface area contributed by atoms with E-state index in [9.17, 15) is 0 Å². The van der Waals surface area contributed by atoms with Crippen molar-refractivity contribution in [3.63, 3.8) is 0 Å². The van der Waals surface area contributed by atoms with Crippen molar-refractivity contribution in [1.82, 2.24) is 10.6 Å². The Bertz CT molecular complexity index is 238. The van der Waals surface area contributed by atoms with Gasteiger partial charge in [-0.3, -0.25) is 0 Å². The molecule has 3 rings (SSSR count). The monoisotopic (exact) mass is 210 g/mol. The quantitative estimate of drug-likeness (QED) is 0.710. The Morgan fingerprint density at radius 3 is 2.73 bits per heavy atom. The molecule has 0 aromatic carbocycles. The Labute approximate surface area is 91.9 Å². The van der Waals surface area contributed by atoms with Crippen LogP contribution in [0.15, 0.2) is 0 Å². The van der Waals surface area contributed by atoms with E-state index in [-0.39, 0.29) is 5.60 Å². The molecule has 2 N–H and O–H groups in total. The van der Waals surface area contributed by atoms with Crippen molar-refractivity contribution in [3.8, 4) is 0 Å². The molecule has 2 aliphatic heterocycles. The zero-order valence-electron chi connectivity index (χ0n) is 9.59. The van der Waals surface area contributed by atoms with Gasteiger partial charge in [-0.05, 0) is 44.7 Å². The van der Waals surface area contributed by atoms with Crippen molar-refractivity contribution < 1.29 is 4.74 Å². The molecule has 3 atom stereocenters. The lowest BCUT2D eigenvalue weighted by atomic mass is 9.88. The maximum atomic E-state index is 6.06. The summed E-state index contributed by atoms with van der Waals surface area (Å²) in [6.07, 6.45) is 5.00. The van der Waals surface area contributed by atoms with E-state index in [0.717, 1.165) is 31.7 Å². The molecule has 15 heavy (non-hydrogen) atoms. The second-order valence-electron chi connectivity index (χ2n) is 5.63. The number of hydrogen-bond acceptors (Lipinski definition) is 3. The van der Waals surface area contributed by atoms with Crippen LogP contribution in [-0.2, 0) is 4.74 Å². The molecule has 0 amide bonds. The van der Waals surface area contributed by atoms with Gasteiger partial charge in [-0.25, -0.2) is 0 Å². The lowest BCUT2D eigenvalue weighted by Crippen LogP contribution is -2.42. The Balaban J connectivity index is 1.53. The molecule has 2 heterocycles. The van der Waals surface area contributed by atoms with Crippen LogP contribution in [0.1, 0.15) is 32.6 Å². The molecule has 3 fully saturated rings. The lowest BCUT2D eigenvalue weighted by Gasteiger charge is -2.32. The van der Waals surface area contributed by atoms with Crippen LogP contribution in [-0.4, -0.2) is 37.4 Å². The summed E-state index contributed by atoms with van der Waals surface area (Å²) in [7, 11) is 0. The van der Waals surface area contributed by atoms with E-state index < -0.39 is 0 Å². The summed E-state index contributed by atoms with van der Waals surface area (Å²) >= 11 is 0. The van der Waals surface area contributed by atoms with Gasteiger partial charge in [0.1, 0.15) is 0 Å². The third-order valence-corrected chi connectivity index (χ3v) is 4.28. The first-order chi connectivity index (χ1) is 7.27. The standard InChI is InChI=1S/C12H22N2O/c1-9-6-11(9)14-10-7-12(15-8-10)2-4-13-5-3-12/h9-11,13-14H,2-8H2,1H3/t9-,10-,11-/m1/s1. The first-order valence-corrected chi connectivity index (χ1v) is 6.38. The molecular formula is C12H22N2O. The average Bonchev–Trinajstić information content (AvgIpc) is 2.78. The molecule has 1 spiro atoms. The van der Waals surface area contributed by atoms with Gasteiger partial charge >= 0.3 is 0 Å². The van der Waals surface area contributed by atoms with Crippen LogP contribution in [0.3, 0.4) is 0 Å². The van der Waals surface area contributed by atoms with Crippen LogP contribution in [0.25, 0.3) is 0 Å². The molecule has 0 unspecified atom stereocenters. The van der Waals surface area contributed by atoms with Crippen molar-refractivity contribution >= 4 is 0 Å². The van der Waals surface area contributed by atoms with Gasteiger partial charge in [-0.1, -0.05) is 6.92 Å². The number of hydrogen-bond donors (Lipinski definition) is 2. The van der Waals surface area contributed by atoms with Crippen molar-refractivity contribution in [1.29, 1.82) is 0 Å². The number of nitrogens with one attached hydrogen (secondary N) is 2. The zero-order chi connectivity index (χ0) is 10.3. The number of ether oxygens (including phenoxy) is 1. The van der Waals surface area contributed by atoms with Gasteiger partial charge in [0.2, 0.25) is 0 Å². The normalized spacial score (nSPS) is 43.4. The maximum Gasteiger partial charge on any atom is 0.0723 e. The van der Waals surface area contributed by atoms with Crippen LogP contribution in [0, 0.1) is 5.92 Å². The second-order valence-corrected chi connectivity index (χ2v) is 5.63. The summed E-state index contributed by atoms with van der Waals surface area (Å²) in [6.45, 7) is 5.52. The summed E-state index contributed by atoms with van der Waals surface area (Å²) in [5.74, 6) is 0.898. The van der Waals surface area contributed by atoms with E-state index in [1.54, 1.807) is 0 Å². The first-order valence-electron chi connectivity index (χ1n) is 6.38. The Morgan fingerprint density at radius 1 is 1.33 bits per heavy atom. The SMILES string of the molecule is C[C@@H]1C[C@H]1N[C@H]1COC2(CCNCC2)C1. The Morgan fingerprint density at radius 2 is 2.07 bits per heavy atom. The molecule has 0 aromatic rings. The molecule has 3 heteroatoms. The molecule has 0 aromatic heterocycles. The molecule has 3 aliphatic rings.